The van der Waals surface area contributed by atoms with Gasteiger partial charge < -0.3 is 4.57 Å². The highest BCUT2D eigenvalue weighted by Gasteiger charge is 2.37. The van der Waals surface area contributed by atoms with Crippen molar-refractivity contribution in [2.45, 2.75) is 24.5 Å². The summed E-state index contributed by atoms with van der Waals surface area (Å²) >= 11 is 0. The number of fused-ring (bicyclic) bond motifs is 1. The van der Waals surface area contributed by atoms with Gasteiger partial charge in [0.15, 0.2) is 0 Å². The summed E-state index contributed by atoms with van der Waals surface area (Å²) in [7, 11) is -3.80. The maximum absolute atomic E-state index is 13.2. The number of halogens is 3. The number of nitrogens with zero attached hydrogens (tertiary/aromatic N) is 2. The molecule has 0 amide bonds. The molecule has 0 aliphatic heterocycles. The Morgan fingerprint density at radius 2 is 1.73 bits per heavy atom. The van der Waals surface area contributed by atoms with Crippen LogP contribution in [0.3, 0.4) is 0 Å². The third-order valence-corrected chi connectivity index (χ3v) is 5.34. The summed E-state index contributed by atoms with van der Waals surface area (Å²) in [5, 5.41) is 0. The van der Waals surface area contributed by atoms with Gasteiger partial charge in [0.1, 0.15) is 0 Å². The molecule has 0 spiro atoms. The number of aromatic nitrogens is 2. The van der Waals surface area contributed by atoms with E-state index in [4.69, 9.17) is 0 Å². The topological polar surface area (TPSA) is 64.0 Å². The zero-order chi connectivity index (χ0) is 18.9. The van der Waals surface area contributed by atoms with E-state index in [1.165, 1.54) is 24.3 Å². The monoisotopic (exact) mass is 383 g/mol. The fraction of sp³-hybridized carbons (Fsp3) is 0.235. The first-order valence-corrected chi connectivity index (χ1v) is 9.25. The third kappa shape index (κ3) is 3.73. The minimum absolute atomic E-state index is 0.0645. The molecule has 0 radical (unpaired) electrons. The van der Waals surface area contributed by atoms with Gasteiger partial charge in [0, 0.05) is 13.1 Å². The van der Waals surface area contributed by atoms with Gasteiger partial charge in [0.05, 0.1) is 15.9 Å². The van der Waals surface area contributed by atoms with Crippen molar-refractivity contribution < 1.29 is 21.6 Å². The molecule has 1 N–H and O–H groups in total. The lowest BCUT2D eigenvalue weighted by Gasteiger charge is -2.12. The minimum Gasteiger partial charge on any atom is -0.319 e. The first-order chi connectivity index (χ1) is 12.2. The Labute approximate surface area is 148 Å². The highest BCUT2D eigenvalue weighted by atomic mass is 32.2. The van der Waals surface area contributed by atoms with Gasteiger partial charge in [-0.15, -0.1) is 0 Å². The molecule has 0 saturated carbocycles. The summed E-state index contributed by atoms with van der Waals surface area (Å²) < 4.78 is 67.5. The molecule has 0 aliphatic rings. The predicted octanol–water partition coefficient (Wildman–Crippen LogP) is 3.34. The molecule has 0 atom stereocenters. The lowest BCUT2D eigenvalue weighted by atomic mass is 10.2. The molecule has 3 aromatic rings. The largest absolute Gasteiger partial charge is 0.449 e. The summed E-state index contributed by atoms with van der Waals surface area (Å²) in [4.78, 5) is 3.69. The molecule has 5 nitrogen and oxygen atoms in total. The predicted molar refractivity (Wildman–Crippen MR) is 91.1 cm³/mol. The highest BCUT2D eigenvalue weighted by Crippen LogP contribution is 2.31. The normalized spacial score (nSPS) is 12.6. The summed E-state index contributed by atoms with van der Waals surface area (Å²) in [5.41, 5.74) is 1.42. The van der Waals surface area contributed by atoms with Crippen LogP contribution in [0.15, 0.2) is 53.4 Å². The van der Waals surface area contributed by atoms with E-state index < -0.39 is 22.0 Å². The fourth-order valence-electron chi connectivity index (χ4n) is 2.61. The Hall–Kier alpha value is -2.39. The van der Waals surface area contributed by atoms with E-state index in [0.29, 0.717) is 5.52 Å². The van der Waals surface area contributed by atoms with Crippen LogP contribution >= 0.6 is 0 Å². The van der Waals surface area contributed by atoms with Gasteiger partial charge in [0.2, 0.25) is 15.8 Å². The van der Waals surface area contributed by atoms with E-state index in [-0.39, 0.29) is 23.5 Å². The fourth-order valence-corrected chi connectivity index (χ4v) is 3.63. The van der Waals surface area contributed by atoms with Crippen molar-refractivity contribution in [3.8, 4) is 0 Å². The number of hydrogen-bond acceptors (Lipinski definition) is 3. The van der Waals surface area contributed by atoms with Gasteiger partial charge >= 0.3 is 6.18 Å². The summed E-state index contributed by atoms with van der Waals surface area (Å²) in [6, 6.07) is 12.4. The van der Waals surface area contributed by atoms with Crippen LogP contribution in [0, 0.1) is 6.92 Å². The molecule has 2 aromatic carbocycles. The number of nitrogens with one attached hydrogen (secondary N) is 1. The maximum atomic E-state index is 13.2. The molecule has 0 fully saturated rings. The summed E-state index contributed by atoms with van der Waals surface area (Å²) in [5.74, 6) is -1.05. The van der Waals surface area contributed by atoms with Crippen LogP contribution in [0.25, 0.3) is 11.0 Å². The van der Waals surface area contributed by atoms with E-state index in [1.807, 2.05) is 6.92 Å². The van der Waals surface area contributed by atoms with Gasteiger partial charge in [-0.1, -0.05) is 29.8 Å². The van der Waals surface area contributed by atoms with Crippen molar-refractivity contribution in [2.24, 2.45) is 0 Å². The maximum Gasteiger partial charge on any atom is 0.449 e. The van der Waals surface area contributed by atoms with E-state index in [2.05, 4.69) is 9.71 Å². The molecule has 9 heteroatoms. The zero-order valence-corrected chi connectivity index (χ0v) is 14.6. The molecule has 0 unspecified atom stereocenters. The summed E-state index contributed by atoms with van der Waals surface area (Å²) in [6.07, 6.45) is -4.63. The van der Waals surface area contributed by atoms with Crippen LogP contribution < -0.4 is 4.72 Å². The van der Waals surface area contributed by atoms with Crippen molar-refractivity contribution >= 4 is 21.1 Å². The Kier molecular flexibility index (Phi) is 4.76. The number of alkyl halides is 3. The SMILES string of the molecule is Cc1ccc(S(=O)(=O)NCCn2c(C(F)(F)F)nc3ccccc32)cc1. The molecule has 138 valence electrons. The van der Waals surface area contributed by atoms with Crippen molar-refractivity contribution in [3.05, 3.63) is 59.9 Å². The van der Waals surface area contributed by atoms with Crippen LogP contribution in [0.1, 0.15) is 11.4 Å². The smallest absolute Gasteiger partial charge is 0.319 e. The lowest BCUT2D eigenvalue weighted by Crippen LogP contribution is -2.28. The Balaban J connectivity index is 1.83. The van der Waals surface area contributed by atoms with Gasteiger partial charge in [-0.05, 0) is 31.2 Å². The molecule has 3 rings (SSSR count). The minimum atomic E-state index is -4.63. The molecule has 1 heterocycles. The molecule has 1 aromatic heterocycles. The number of rotatable bonds is 5. The van der Waals surface area contributed by atoms with E-state index >= 15 is 0 Å². The van der Waals surface area contributed by atoms with Crippen LogP contribution in [0.5, 0.6) is 0 Å². The van der Waals surface area contributed by atoms with Crippen LogP contribution in [-0.4, -0.2) is 24.5 Å². The van der Waals surface area contributed by atoms with Gasteiger partial charge in [-0.2, -0.15) is 13.2 Å². The lowest BCUT2D eigenvalue weighted by molar-refractivity contribution is -0.146. The van der Waals surface area contributed by atoms with Crippen LogP contribution in [0.2, 0.25) is 0 Å². The number of sulfonamides is 1. The van der Waals surface area contributed by atoms with Gasteiger partial charge in [-0.3, -0.25) is 0 Å². The number of aryl methyl sites for hydroxylation is 1. The molecule has 0 saturated heterocycles. The van der Waals surface area contributed by atoms with E-state index in [1.54, 1.807) is 24.3 Å². The number of benzene rings is 2. The van der Waals surface area contributed by atoms with Gasteiger partial charge in [0.25, 0.3) is 0 Å². The van der Waals surface area contributed by atoms with Crippen molar-refractivity contribution in [3.63, 3.8) is 0 Å². The molecular weight excluding hydrogens is 367 g/mol. The third-order valence-electron chi connectivity index (χ3n) is 3.87. The number of para-hydroxylation sites is 2. The van der Waals surface area contributed by atoms with Crippen LogP contribution in [-0.2, 0) is 22.7 Å². The molecule has 0 bridgehead atoms. The quantitative estimate of drug-likeness (QED) is 0.735. The number of hydrogen-bond donors (Lipinski definition) is 1. The standard InChI is InChI=1S/C17H16F3N3O2S/c1-12-6-8-13(9-7-12)26(24,25)21-10-11-23-15-5-3-2-4-14(15)22-16(23)17(18,19)20/h2-9,21H,10-11H2,1H3. The highest BCUT2D eigenvalue weighted by molar-refractivity contribution is 7.89. The second-order valence-electron chi connectivity index (χ2n) is 5.78. The molecule has 26 heavy (non-hydrogen) atoms. The average molecular weight is 383 g/mol. The van der Waals surface area contributed by atoms with E-state index in [9.17, 15) is 21.6 Å². The second kappa shape index (κ2) is 6.73. The van der Waals surface area contributed by atoms with Crippen molar-refractivity contribution in [2.75, 3.05) is 6.54 Å². The van der Waals surface area contributed by atoms with Gasteiger partial charge in [-0.25, -0.2) is 18.1 Å². The van der Waals surface area contributed by atoms with Crippen molar-refractivity contribution in [1.29, 1.82) is 0 Å². The molecule has 0 aliphatic carbocycles. The average Bonchev–Trinajstić information content (AvgIpc) is 2.94. The second-order valence-corrected chi connectivity index (χ2v) is 7.55. The Bertz CT molecular complexity index is 1030. The zero-order valence-electron chi connectivity index (χ0n) is 13.8. The Morgan fingerprint density at radius 1 is 1.08 bits per heavy atom. The Morgan fingerprint density at radius 3 is 2.38 bits per heavy atom. The summed E-state index contributed by atoms with van der Waals surface area (Å²) in [6.45, 7) is 1.44. The van der Waals surface area contributed by atoms with Crippen LogP contribution in [0.4, 0.5) is 13.2 Å². The number of imidazole rings is 1. The van der Waals surface area contributed by atoms with Crippen molar-refractivity contribution in [1.82, 2.24) is 14.3 Å². The van der Waals surface area contributed by atoms with E-state index in [0.717, 1.165) is 10.1 Å². The molecular formula is C17H16F3N3O2S. The first-order valence-electron chi connectivity index (χ1n) is 7.77. The first kappa shape index (κ1) is 18.4.